The summed E-state index contributed by atoms with van der Waals surface area (Å²) in [5.41, 5.74) is 2.02. The van der Waals surface area contributed by atoms with Gasteiger partial charge in [0.1, 0.15) is 5.75 Å². The van der Waals surface area contributed by atoms with E-state index in [4.69, 9.17) is 9.84 Å². The van der Waals surface area contributed by atoms with E-state index in [0.717, 1.165) is 11.3 Å². The molecule has 3 heteroatoms. The van der Waals surface area contributed by atoms with Crippen molar-refractivity contribution in [1.29, 1.82) is 0 Å². The number of rotatable bonds is 4. The maximum atomic E-state index is 9.06. The highest BCUT2D eigenvalue weighted by Gasteiger charge is 2.03. The van der Waals surface area contributed by atoms with Crippen LogP contribution in [0.5, 0.6) is 11.6 Å². The van der Waals surface area contributed by atoms with Gasteiger partial charge < -0.3 is 9.84 Å². The van der Waals surface area contributed by atoms with E-state index in [1.54, 1.807) is 18.3 Å². The molecule has 1 aromatic heterocycles. The van der Waals surface area contributed by atoms with E-state index in [-0.39, 0.29) is 6.61 Å². The normalized spacial score (nSPS) is 10.7. The van der Waals surface area contributed by atoms with Crippen molar-refractivity contribution in [3.8, 4) is 11.6 Å². The van der Waals surface area contributed by atoms with Crippen LogP contribution in [-0.2, 0) is 6.61 Å². The lowest BCUT2D eigenvalue weighted by atomic mass is 10.0. The van der Waals surface area contributed by atoms with E-state index in [2.05, 4.69) is 24.9 Å². The van der Waals surface area contributed by atoms with Gasteiger partial charge in [0.15, 0.2) is 0 Å². The predicted octanol–water partition coefficient (Wildman–Crippen LogP) is 3.49. The van der Waals surface area contributed by atoms with Gasteiger partial charge in [-0.1, -0.05) is 26.0 Å². The van der Waals surface area contributed by atoms with Gasteiger partial charge in [-0.15, -0.1) is 0 Å². The molecule has 0 aliphatic carbocycles. The number of benzene rings is 1. The predicted molar refractivity (Wildman–Crippen MR) is 70.8 cm³/mol. The molecule has 0 atom stereocenters. The smallest absolute Gasteiger partial charge is 0.219 e. The minimum atomic E-state index is -0.00901. The molecule has 1 heterocycles. The van der Waals surface area contributed by atoms with E-state index >= 15 is 0 Å². The summed E-state index contributed by atoms with van der Waals surface area (Å²) in [5.74, 6) is 1.73. The van der Waals surface area contributed by atoms with Crippen molar-refractivity contribution in [1.82, 2.24) is 4.98 Å². The van der Waals surface area contributed by atoms with Crippen LogP contribution in [0.4, 0.5) is 0 Å². The van der Waals surface area contributed by atoms with E-state index in [0.29, 0.717) is 11.8 Å². The largest absolute Gasteiger partial charge is 0.439 e. The first kappa shape index (κ1) is 12.6. The Hall–Kier alpha value is -1.87. The molecule has 94 valence electrons. The van der Waals surface area contributed by atoms with Crippen LogP contribution in [0.3, 0.4) is 0 Å². The summed E-state index contributed by atoms with van der Waals surface area (Å²) in [4.78, 5) is 4.12. The van der Waals surface area contributed by atoms with Crippen LogP contribution in [0.25, 0.3) is 0 Å². The maximum Gasteiger partial charge on any atom is 0.219 e. The van der Waals surface area contributed by atoms with Crippen LogP contribution >= 0.6 is 0 Å². The quantitative estimate of drug-likeness (QED) is 0.893. The van der Waals surface area contributed by atoms with E-state index in [1.165, 1.54) is 5.56 Å². The Morgan fingerprint density at radius 1 is 1.22 bits per heavy atom. The number of aliphatic hydroxyl groups excluding tert-OH is 1. The Morgan fingerprint density at radius 3 is 2.78 bits per heavy atom. The summed E-state index contributed by atoms with van der Waals surface area (Å²) in [7, 11) is 0. The Bertz CT molecular complexity index is 523. The van der Waals surface area contributed by atoms with Crippen molar-refractivity contribution in [3.63, 3.8) is 0 Å². The molecule has 0 saturated heterocycles. The van der Waals surface area contributed by atoms with Crippen LogP contribution in [0, 0.1) is 0 Å². The second-order valence-corrected chi connectivity index (χ2v) is 4.49. The molecule has 1 N–H and O–H groups in total. The van der Waals surface area contributed by atoms with E-state index < -0.39 is 0 Å². The van der Waals surface area contributed by atoms with E-state index in [9.17, 15) is 0 Å². The fourth-order valence-corrected chi connectivity index (χ4v) is 1.66. The molecule has 0 bridgehead atoms. The molecule has 0 radical (unpaired) electrons. The first-order chi connectivity index (χ1) is 8.69. The van der Waals surface area contributed by atoms with Gasteiger partial charge in [-0.2, -0.15) is 0 Å². The molecular formula is C15H17NO2. The van der Waals surface area contributed by atoms with Crippen LogP contribution in [0.1, 0.15) is 30.9 Å². The number of nitrogens with zero attached hydrogens (tertiary/aromatic N) is 1. The van der Waals surface area contributed by atoms with Crippen molar-refractivity contribution < 1.29 is 9.84 Å². The molecule has 0 amide bonds. The lowest BCUT2D eigenvalue weighted by molar-refractivity contribution is 0.281. The molecule has 2 rings (SSSR count). The zero-order chi connectivity index (χ0) is 13.0. The molecule has 0 unspecified atom stereocenters. The highest BCUT2D eigenvalue weighted by molar-refractivity contribution is 5.33. The lowest BCUT2D eigenvalue weighted by Gasteiger charge is -2.09. The van der Waals surface area contributed by atoms with Gasteiger partial charge in [0.05, 0.1) is 6.61 Å². The third-order valence-electron chi connectivity index (χ3n) is 2.73. The van der Waals surface area contributed by atoms with Gasteiger partial charge in [-0.05, 0) is 35.2 Å². The number of ether oxygens (including phenoxy) is 1. The molecule has 0 fully saturated rings. The minimum Gasteiger partial charge on any atom is -0.439 e. The molecule has 2 aromatic rings. The van der Waals surface area contributed by atoms with Crippen LogP contribution < -0.4 is 4.74 Å². The average molecular weight is 243 g/mol. The molecule has 1 aromatic carbocycles. The zero-order valence-corrected chi connectivity index (χ0v) is 10.6. The topological polar surface area (TPSA) is 42.4 Å². The summed E-state index contributed by atoms with van der Waals surface area (Å²) >= 11 is 0. The monoisotopic (exact) mass is 243 g/mol. The molecule has 0 saturated carbocycles. The molecular weight excluding hydrogens is 226 g/mol. The van der Waals surface area contributed by atoms with Gasteiger partial charge >= 0.3 is 0 Å². The summed E-state index contributed by atoms with van der Waals surface area (Å²) < 4.78 is 5.69. The van der Waals surface area contributed by atoms with Crippen LogP contribution in [0.2, 0.25) is 0 Å². The summed E-state index contributed by atoms with van der Waals surface area (Å²) in [6.45, 7) is 4.28. The summed E-state index contributed by atoms with van der Waals surface area (Å²) in [6.07, 6.45) is 1.63. The molecule has 3 nitrogen and oxygen atoms in total. The third-order valence-corrected chi connectivity index (χ3v) is 2.73. The average Bonchev–Trinajstić information content (AvgIpc) is 2.39. The Kier molecular flexibility index (Phi) is 3.95. The van der Waals surface area contributed by atoms with Crippen molar-refractivity contribution >= 4 is 0 Å². The number of hydrogen-bond acceptors (Lipinski definition) is 3. The van der Waals surface area contributed by atoms with E-state index in [1.807, 2.05) is 18.2 Å². The SMILES string of the molecule is CC(C)c1cccc(Oc2cc(CO)ccn2)c1. The second-order valence-electron chi connectivity index (χ2n) is 4.49. The summed E-state index contributed by atoms with van der Waals surface area (Å²) in [6, 6.07) is 11.5. The maximum absolute atomic E-state index is 9.06. The molecule has 18 heavy (non-hydrogen) atoms. The Balaban J connectivity index is 2.20. The van der Waals surface area contributed by atoms with Crippen LogP contribution in [0.15, 0.2) is 42.6 Å². The van der Waals surface area contributed by atoms with Gasteiger partial charge in [0.25, 0.3) is 0 Å². The Morgan fingerprint density at radius 2 is 2.06 bits per heavy atom. The third kappa shape index (κ3) is 3.08. The molecule has 0 aliphatic rings. The van der Waals surface area contributed by atoms with Crippen molar-refractivity contribution in [3.05, 3.63) is 53.7 Å². The number of aromatic nitrogens is 1. The van der Waals surface area contributed by atoms with Gasteiger partial charge in [-0.25, -0.2) is 4.98 Å². The van der Waals surface area contributed by atoms with Crippen LogP contribution in [-0.4, -0.2) is 10.1 Å². The standard InChI is InChI=1S/C15H17NO2/c1-11(2)13-4-3-5-14(9-13)18-15-8-12(10-17)6-7-16-15/h3-9,11,17H,10H2,1-2H3. The first-order valence-corrected chi connectivity index (χ1v) is 6.02. The van der Waals surface area contributed by atoms with Crippen molar-refractivity contribution in [2.75, 3.05) is 0 Å². The fraction of sp³-hybridized carbons (Fsp3) is 0.267. The second kappa shape index (κ2) is 5.65. The number of aliphatic hydroxyl groups is 1. The fourth-order valence-electron chi connectivity index (χ4n) is 1.66. The number of pyridine rings is 1. The van der Waals surface area contributed by atoms with Gasteiger partial charge in [0.2, 0.25) is 5.88 Å². The molecule has 0 aliphatic heterocycles. The highest BCUT2D eigenvalue weighted by Crippen LogP contribution is 2.24. The number of hydrogen-bond donors (Lipinski definition) is 1. The highest BCUT2D eigenvalue weighted by atomic mass is 16.5. The minimum absolute atomic E-state index is 0.00901. The molecule has 0 spiro atoms. The van der Waals surface area contributed by atoms with Gasteiger partial charge in [-0.3, -0.25) is 0 Å². The Labute approximate surface area is 107 Å². The van der Waals surface area contributed by atoms with Crippen molar-refractivity contribution in [2.24, 2.45) is 0 Å². The zero-order valence-electron chi connectivity index (χ0n) is 10.6. The van der Waals surface area contributed by atoms with Crippen molar-refractivity contribution in [2.45, 2.75) is 26.4 Å². The van der Waals surface area contributed by atoms with Gasteiger partial charge in [0, 0.05) is 12.3 Å². The first-order valence-electron chi connectivity index (χ1n) is 6.02. The summed E-state index contributed by atoms with van der Waals surface area (Å²) in [5, 5.41) is 9.06. The lowest BCUT2D eigenvalue weighted by Crippen LogP contribution is -1.92.